The van der Waals surface area contributed by atoms with E-state index in [0.717, 1.165) is 17.1 Å². The number of hydrogen-bond donors (Lipinski definition) is 2. The van der Waals surface area contributed by atoms with Crippen LogP contribution >= 0.6 is 0 Å². The summed E-state index contributed by atoms with van der Waals surface area (Å²) in [6, 6.07) is 15.7. The highest BCUT2D eigenvalue weighted by Gasteiger charge is 2.00. The summed E-state index contributed by atoms with van der Waals surface area (Å²) >= 11 is 0. The zero-order valence-corrected chi connectivity index (χ0v) is 12.0. The van der Waals surface area contributed by atoms with Gasteiger partial charge in [0.05, 0.1) is 5.69 Å². The molecule has 0 aliphatic rings. The molecule has 6 nitrogen and oxygen atoms in total. The van der Waals surface area contributed by atoms with Crippen molar-refractivity contribution in [2.45, 2.75) is 0 Å². The molecule has 0 saturated carbocycles. The zero-order valence-electron chi connectivity index (χ0n) is 12.0. The van der Waals surface area contributed by atoms with Crippen LogP contribution < -0.4 is 10.6 Å². The molecule has 2 heterocycles. The van der Waals surface area contributed by atoms with Gasteiger partial charge in [-0.25, -0.2) is 9.97 Å². The molecule has 0 spiro atoms. The Balaban J connectivity index is 1.49. The number of benzene rings is 1. The summed E-state index contributed by atoms with van der Waals surface area (Å²) < 4.78 is 0. The van der Waals surface area contributed by atoms with Crippen molar-refractivity contribution < 1.29 is 0 Å². The smallest absolute Gasteiger partial charge is 0.222 e. The van der Waals surface area contributed by atoms with Crippen molar-refractivity contribution in [2.24, 2.45) is 0 Å². The lowest BCUT2D eigenvalue weighted by Crippen LogP contribution is -2.15. The molecular formula is C16H16N6. The Morgan fingerprint density at radius 3 is 2.23 bits per heavy atom. The molecule has 0 radical (unpaired) electrons. The predicted molar refractivity (Wildman–Crippen MR) is 86.5 cm³/mol. The summed E-state index contributed by atoms with van der Waals surface area (Å²) in [5.74, 6) is 1.37. The van der Waals surface area contributed by atoms with Crippen molar-refractivity contribution in [1.82, 2.24) is 20.2 Å². The molecular weight excluding hydrogens is 276 g/mol. The van der Waals surface area contributed by atoms with Crippen LogP contribution in [0.1, 0.15) is 0 Å². The van der Waals surface area contributed by atoms with Crippen LogP contribution in [0.3, 0.4) is 0 Å². The van der Waals surface area contributed by atoms with E-state index in [-0.39, 0.29) is 0 Å². The van der Waals surface area contributed by atoms with Gasteiger partial charge in [0.15, 0.2) is 0 Å². The largest absolute Gasteiger partial charge is 0.367 e. The first-order valence-corrected chi connectivity index (χ1v) is 7.06. The Labute approximate surface area is 128 Å². The van der Waals surface area contributed by atoms with Crippen LogP contribution in [0.2, 0.25) is 0 Å². The molecule has 0 amide bonds. The third kappa shape index (κ3) is 3.76. The van der Waals surface area contributed by atoms with Crippen LogP contribution in [0.4, 0.5) is 11.8 Å². The summed E-state index contributed by atoms with van der Waals surface area (Å²) in [5.41, 5.74) is 1.92. The van der Waals surface area contributed by atoms with E-state index < -0.39 is 0 Å². The first-order valence-electron chi connectivity index (χ1n) is 7.06. The number of nitrogens with zero attached hydrogens (tertiary/aromatic N) is 4. The van der Waals surface area contributed by atoms with Crippen molar-refractivity contribution in [3.8, 4) is 11.3 Å². The first kappa shape index (κ1) is 13.9. The van der Waals surface area contributed by atoms with E-state index in [4.69, 9.17) is 0 Å². The molecule has 1 aromatic carbocycles. The second-order valence-electron chi connectivity index (χ2n) is 4.60. The topological polar surface area (TPSA) is 75.6 Å². The summed E-state index contributed by atoms with van der Waals surface area (Å²) in [5, 5.41) is 14.7. The molecule has 110 valence electrons. The van der Waals surface area contributed by atoms with Gasteiger partial charge in [-0.2, -0.15) is 0 Å². The van der Waals surface area contributed by atoms with Gasteiger partial charge in [0.2, 0.25) is 5.95 Å². The molecule has 0 aliphatic heterocycles. The predicted octanol–water partition coefficient (Wildman–Crippen LogP) is 2.46. The van der Waals surface area contributed by atoms with Crippen LogP contribution in [-0.2, 0) is 0 Å². The Morgan fingerprint density at radius 2 is 1.50 bits per heavy atom. The molecule has 2 aromatic heterocycles. The van der Waals surface area contributed by atoms with Gasteiger partial charge in [0.25, 0.3) is 0 Å². The first-order chi connectivity index (χ1) is 10.9. The lowest BCUT2D eigenvalue weighted by Gasteiger charge is -2.07. The van der Waals surface area contributed by atoms with Gasteiger partial charge in [-0.1, -0.05) is 30.3 Å². The molecule has 3 rings (SSSR count). The van der Waals surface area contributed by atoms with Crippen molar-refractivity contribution in [2.75, 3.05) is 23.7 Å². The Kier molecular flexibility index (Phi) is 4.51. The molecule has 0 saturated heterocycles. The van der Waals surface area contributed by atoms with E-state index in [0.29, 0.717) is 19.0 Å². The Bertz CT molecular complexity index is 685. The van der Waals surface area contributed by atoms with Gasteiger partial charge >= 0.3 is 0 Å². The van der Waals surface area contributed by atoms with Crippen molar-refractivity contribution in [3.63, 3.8) is 0 Å². The SMILES string of the molecule is c1ccc(-c2ccc(NCCNc3ncccn3)nn2)cc1. The summed E-state index contributed by atoms with van der Waals surface area (Å²) in [6.45, 7) is 1.41. The van der Waals surface area contributed by atoms with Gasteiger partial charge in [-0.15, -0.1) is 10.2 Å². The molecule has 3 aromatic rings. The average Bonchev–Trinajstić information content (AvgIpc) is 2.61. The molecule has 0 atom stereocenters. The quantitative estimate of drug-likeness (QED) is 0.680. The molecule has 0 fully saturated rings. The number of aromatic nitrogens is 4. The highest BCUT2D eigenvalue weighted by atomic mass is 15.2. The maximum atomic E-state index is 4.23. The van der Waals surface area contributed by atoms with Crippen molar-refractivity contribution in [3.05, 3.63) is 60.9 Å². The van der Waals surface area contributed by atoms with E-state index in [9.17, 15) is 0 Å². The molecule has 6 heteroatoms. The number of nitrogens with one attached hydrogen (secondary N) is 2. The van der Waals surface area contributed by atoms with E-state index in [1.807, 2.05) is 42.5 Å². The van der Waals surface area contributed by atoms with E-state index in [2.05, 4.69) is 30.8 Å². The van der Waals surface area contributed by atoms with E-state index >= 15 is 0 Å². The normalized spacial score (nSPS) is 10.2. The molecule has 22 heavy (non-hydrogen) atoms. The molecule has 0 aliphatic carbocycles. The minimum atomic E-state index is 0.620. The second kappa shape index (κ2) is 7.12. The maximum absolute atomic E-state index is 4.23. The average molecular weight is 292 g/mol. The lowest BCUT2D eigenvalue weighted by molar-refractivity contribution is 0.982. The van der Waals surface area contributed by atoms with Crippen LogP contribution in [0.15, 0.2) is 60.9 Å². The van der Waals surface area contributed by atoms with E-state index in [1.54, 1.807) is 18.5 Å². The lowest BCUT2D eigenvalue weighted by atomic mass is 10.1. The van der Waals surface area contributed by atoms with Crippen LogP contribution in [0.5, 0.6) is 0 Å². The fraction of sp³-hybridized carbons (Fsp3) is 0.125. The fourth-order valence-corrected chi connectivity index (χ4v) is 1.94. The standard InChI is InChI=1S/C16H16N6/c1-2-5-13(6-3-1)14-7-8-15(22-21-14)17-11-12-20-16-18-9-4-10-19-16/h1-10H,11-12H2,(H,17,22)(H,18,19,20). The van der Waals surface area contributed by atoms with Crippen LogP contribution in [-0.4, -0.2) is 33.3 Å². The minimum absolute atomic E-state index is 0.620. The summed E-state index contributed by atoms with van der Waals surface area (Å²) in [7, 11) is 0. The monoisotopic (exact) mass is 292 g/mol. The molecule has 2 N–H and O–H groups in total. The van der Waals surface area contributed by atoms with Crippen molar-refractivity contribution in [1.29, 1.82) is 0 Å². The van der Waals surface area contributed by atoms with E-state index in [1.165, 1.54) is 0 Å². The fourth-order valence-electron chi connectivity index (χ4n) is 1.94. The second-order valence-corrected chi connectivity index (χ2v) is 4.60. The Hall–Kier alpha value is -3.02. The van der Waals surface area contributed by atoms with Gasteiger partial charge in [0, 0.05) is 31.0 Å². The van der Waals surface area contributed by atoms with Crippen molar-refractivity contribution >= 4 is 11.8 Å². The van der Waals surface area contributed by atoms with Gasteiger partial charge in [-0.05, 0) is 18.2 Å². The van der Waals surface area contributed by atoms with Gasteiger partial charge < -0.3 is 10.6 Å². The van der Waals surface area contributed by atoms with Gasteiger partial charge in [0.1, 0.15) is 5.82 Å². The number of anilines is 2. The third-order valence-corrected chi connectivity index (χ3v) is 3.01. The maximum Gasteiger partial charge on any atom is 0.222 e. The highest BCUT2D eigenvalue weighted by Crippen LogP contribution is 2.15. The van der Waals surface area contributed by atoms with Crippen LogP contribution in [0, 0.1) is 0 Å². The minimum Gasteiger partial charge on any atom is -0.367 e. The molecule has 0 bridgehead atoms. The number of rotatable bonds is 6. The summed E-state index contributed by atoms with van der Waals surface area (Å²) in [6.07, 6.45) is 3.41. The number of hydrogen-bond acceptors (Lipinski definition) is 6. The highest BCUT2D eigenvalue weighted by molar-refractivity contribution is 5.59. The van der Waals surface area contributed by atoms with Crippen LogP contribution in [0.25, 0.3) is 11.3 Å². The van der Waals surface area contributed by atoms with Gasteiger partial charge in [-0.3, -0.25) is 0 Å². The summed E-state index contributed by atoms with van der Waals surface area (Å²) in [4.78, 5) is 8.18. The zero-order chi connectivity index (χ0) is 15.0. The molecule has 0 unspecified atom stereocenters. The Morgan fingerprint density at radius 1 is 0.727 bits per heavy atom. The third-order valence-electron chi connectivity index (χ3n) is 3.01.